The third kappa shape index (κ3) is 2.24. The Balaban J connectivity index is 1.69. The number of hydrogen-bond acceptors (Lipinski definition) is 4. The van der Waals surface area contributed by atoms with Crippen LogP contribution >= 0.6 is 0 Å². The van der Waals surface area contributed by atoms with E-state index < -0.39 is 0 Å². The number of benzene rings is 1. The molecule has 128 valence electrons. The fourth-order valence-electron chi connectivity index (χ4n) is 4.17. The largest absolute Gasteiger partial charge is 0.394 e. The molecule has 0 radical (unpaired) electrons. The standard InChI is InChI=1S/C18H22N2O4/c1-24-10-16(22)19-8-14-17(12-4-2-3-5-13(12)19)15(9-21)20(14)18(23)11-6-7-11/h2-5,11,14-15,17,21H,6-10H2,1H3/t14-,15-,17+/m1/s1. The van der Waals surface area contributed by atoms with Gasteiger partial charge in [-0.2, -0.15) is 0 Å². The summed E-state index contributed by atoms with van der Waals surface area (Å²) in [4.78, 5) is 28.6. The number of carbonyl (C=O) groups excluding carboxylic acids is 2. The van der Waals surface area contributed by atoms with Crippen LogP contribution in [0.15, 0.2) is 24.3 Å². The van der Waals surface area contributed by atoms with E-state index in [1.165, 1.54) is 7.11 Å². The first kappa shape index (κ1) is 15.6. The number of anilines is 1. The van der Waals surface area contributed by atoms with Crippen molar-refractivity contribution in [2.75, 3.05) is 31.8 Å². The fraction of sp³-hybridized carbons (Fsp3) is 0.556. The number of aliphatic hydroxyl groups is 1. The van der Waals surface area contributed by atoms with Crippen molar-refractivity contribution in [1.82, 2.24) is 4.90 Å². The van der Waals surface area contributed by atoms with E-state index in [9.17, 15) is 14.7 Å². The molecule has 0 unspecified atom stereocenters. The highest BCUT2D eigenvalue weighted by atomic mass is 16.5. The van der Waals surface area contributed by atoms with E-state index in [4.69, 9.17) is 4.74 Å². The number of rotatable bonds is 4. The Labute approximate surface area is 141 Å². The van der Waals surface area contributed by atoms with Gasteiger partial charge in [-0.25, -0.2) is 0 Å². The van der Waals surface area contributed by atoms with E-state index in [-0.39, 0.29) is 48.9 Å². The Morgan fingerprint density at radius 3 is 2.71 bits per heavy atom. The number of para-hydroxylation sites is 1. The van der Waals surface area contributed by atoms with Gasteiger partial charge in [0.2, 0.25) is 5.91 Å². The normalized spacial score (nSPS) is 28.0. The zero-order valence-corrected chi connectivity index (χ0v) is 13.7. The van der Waals surface area contributed by atoms with Gasteiger partial charge in [-0.15, -0.1) is 0 Å². The van der Waals surface area contributed by atoms with Crippen LogP contribution in [0.3, 0.4) is 0 Å². The van der Waals surface area contributed by atoms with Gasteiger partial charge < -0.3 is 19.6 Å². The maximum atomic E-state index is 12.6. The molecule has 1 saturated heterocycles. The molecule has 6 nitrogen and oxygen atoms in total. The number of fused-ring (bicyclic) bond motifs is 3. The fourth-order valence-corrected chi connectivity index (χ4v) is 4.17. The number of aliphatic hydroxyl groups excluding tert-OH is 1. The molecule has 24 heavy (non-hydrogen) atoms. The number of ether oxygens (including phenoxy) is 1. The molecule has 2 fully saturated rings. The number of hydrogen-bond donors (Lipinski definition) is 1. The van der Waals surface area contributed by atoms with Crippen LogP contribution < -0.4 is 4.90 Å². The first-order chi connectivity index (χ1) is 11.7. The van der Waals surface area contributed by atoms with Crippen LogP contribution in [0, 0.1) is 5.92 Å². The highest BCUT2D eigenvalue weighted by molar-refractivity contribution is 5.96. The van der Waals surface area contributed by atoms with Crippen LogP contribution in [0.25, 0.3) is 0 Å². The highest BCUT2D eigenvalue weighted by Gasteiger charge is 2.56. The zero-order valence-electron chi connectivity index (χ0n) is 13.7. The van der Waals surface area contributed by atoms with E-state index in [0.29, 0.717) is 6.54 Å². The lowest BCUT2D eigenvalue weighted by molar-refractivity contribution is -0.152. The molecule has 0 bridgehead atoms. The summed E-state index contributed by atoms with van der Waals surface area (Å²) in [5.41, 5.74) is 1.91. The number of amides is 2. The molecule has 6 heteroatoms. The summed E-state index contributed by atoms with van der Waals surface area (Å²) in [6.07, 6.45) is 1.88. The molecule has 4 rings (SSSR count). The van der Waals surface area contributed by atoms with E-state index in [1.54, 1.807) is 4.90 Å². The van der Waals surface area contributed by atoms with Gasteiger partial charge in [0.05, 0.1) is 18.7 Å². The molecule has 3 aliphatic rings. The third-order valence-corrected chi connectivity index (χ3v) is 5.44. The van der Waals surface area contributed by atoms with Gasteiger partial charge in [-0.05, 0) is 24.5 Å². The van der Waals surface area contributed by atoms with Crippen LogP contribution in [-0.2, 0) is 14.3 Å². The molecule has 1 saturated carbocycles. The maximum absolute atomic E-state index is 12.6. The lowest BCUT2D eigenvalue weighted by Gasteiger charge is -2.59. The summed E-state index contributed by atoms with van der Waals surface area (Å²) < 4.78 is 5.01. The number of methoxy groups -OCH3 is 1. The first-order valence-corrected chi connectivity index (χ1v) is 8.48. The minimum atomic E-state index is -0.177. The number of nitrogens with zero attached hydrogens (tertiary/aromatic N) is 2. The quantitative estimate of drug-likeness (QED) is 0.884. The molecule has 2 heterocycles. The number of carbonyl (C=O) groups is 2. The van der Waals surface area contributed by atoms with Crippen molar-refractivity contribution < 1.29 is 19.4 Å². The lowest BCUT2D eigenvalue weighted by Crippen LogP contribution is -2.71. The second kappa shape index (κ2) is 5.86. The van der Waals surface area contributed by atoms with Gasteiger partial charge >= 0.3 is 0 Å². The van der Waals surface area contributed by atoms with Crippen molar-refractivity contribution in [3.05, 3.63) is 29.8 Å². The van der Waals surface area contributed by atoms with Gasteiger partial charge in [0.15, 0.2) is 0 Å². The van der Waals surface area contributed by atoms with Crippen molar-refractivity contribution in [2.45, 2.75) is 30.8 Å². The molecule has 2 amide bonds. The predicted octanol–water partition coefficient (Wildman–Crippen LogP) is 0.745. The Morgan fingerprint density at radius 1 is 1.29 bits per heavy atom. The van der Waals surface area contributed by atoms with Crippen molar-refractivity contribution in [2.24, 2.45) is 5.92 Å². The summed E-state index contributed by atoms with van der Waals surface area (Å²) in [5.74, 6) is 0.240. The second-order valence-electron chi connectivity index (χ2n) is 6.86. The van der Waals surface area contributed by atoms with Gasteiger partial charge in [0, 0.05) is 31.2 Å². The molecule has 0 spiro atoms. The molecule has 3 atom stereocenters. The zero-order chi connectivity index (χ0) is 16.8. The second-order valence-corrected chi connectivity index (χ2v) is 6.86. The molecular weight excluding hydrogens is 308 g/mol. The molecule has 1 N–H and O–H groups in total. The Morgan fingerprint density at radius 2 is 2.04 bits per heavy atom. The summed E-state index contributed by atoms with van der Waals surface area (Å²) in [5, 5.41) is 9.84. The molecule has 1 aromatic rings. The minimum absolute atomic E-state index is 0.0196. The topological polar surface area (TPSA) is 70.1 Å². The SMILES string of the molecule is COCC(=O)N1C[C@@H]2[C@H](c3ccccc31)[C@@H](CO)N2C(=O)C1CC1. The van der Waals surface area contributed by atoms with Gasteiger partial charge in [-0.1, -0.05) is 18.2 Å². The van der Waals surface area contributed by atoms with Crippen molar-refractivity contribution in [3.8, 4) is 0 Å². The third-order valence-electron chi connectivity index (χ3n) is 5.44. The summed E-state index contributed by atoms with van der Waals surface area (Å²) in [7, 11) is 1.50. The average molecular weight is 330 g/mol. The summed E-state index contributed by atoms with van der Waals surface area (Å²) >= 11 is 0. The van der Waals surface area contributed by atoms with Crippen LogP contribution in [-0.4, -0.2) is 60.8 Å². The summed E-state index contributed by atoms with van der Waals surface area (Å²) in [6.45, 7) is 0.449. The monoisotopic (exact) mass is 330 g/mol. The molecule has 1 aliphatic carbocycles. The highest BCUT2D eigenvalue weighted by Crippen LogP contribution is 2.50. The molecular formula is C18H22N2O4. The maximum Gasteiger partial charge on any atom is 0.253 e. The van der Waals surface area contributed by atoms with Gasteiger partial charge in [0.1, 0.15) is 6.61 Å². The predicted molar refractivity (Wildman–Crippen MR) is 87.6 cm³/mol. The Hall–Kier alpha value is -1.92. The minimum Gasteiger partial charge on any atom is -0.394 e. The van der Waals surface area contributed by atoms with E-state index in [2.05, 4.69) is 0 Å². The first-order valence-electron chi connectivity index (χ1n) is 8.48. The Kier molecular flexibility index (Phi) is 3.81. The number of likely N-dealkylation sites (tertiary alicyclic amines) is 1. The Bertz CT molecular complexity index is 673. The average Bonchev–Trinajstić information content (AvgIpc) is 3.40. The van der Waals surface area contributed by atoms with Gasteiger partial charge in [-0.3, -0.25) is 9.59 Å². The van der Waals surface area contributed by atoms with Crippen molar-refractivity contribution in [1.29, 1.82) is 0 Å². The molecule has 0 aromatic heterocycles. The smallest absolute Gasteiger partial charge is 0.253 e. The van der Waals surface area contributed by atoms with E-state index >= 15 is 0 Å². The van der Waals surface area contributed by atoms with Crippen molar-refractivity contribution >= 4 is 17.5 Å². The van der Waals surface area contributed by atoms with E-state index in [0.717, 1.165) is 24.1 Å². The molecule has 2 aliphatic heterocycles. The summed E-state index contributed by atoms with van der Waals surface area (Å²) in [6, 6.07) is 7.56. The van der Waals surface area contributed by atoms with Crippen LogP contribution in [0.1, 0.15) is 24.3 Å². The van der Waals surface area contributed by atoms with Crippen LogP contribution in [0.2, 0.25) is 0 Å². The van der Waals surface area contributed by atoms with Crippen molar-refractivity contribution in [3.63, 3.8) is 0 Å². The lowest BCUT2D eigenvalue weighted by atomic mass is 9.71. The molecule has 1 aromatic carbocycles. The van der Waals surface area contributed by atoms with Crippen LogP contribution in [0.4, 0.5) is 5.69 Å². The van der Waals surface area contributed by atoms with E-state index in [1.807, 2.05) is 29.2 Å². The van der Waals surface area contributed by atoms with Gasteiger partial charge in [0.25, 0.3) is 5.91 Å². The van der Waals surface area contributed by atoms with Crippen LogP contribution in [0.5, 0.6) is 0 Å².